The number of carboxylic acid groups (broad SMARTS) is 1. The number of nitro groups is 1. The molecule has 8 heteroatoms. The van der Waals surface area contributed by atoms with Crippen LogP contribution in [0.4, 0.5) is 5.69 Å². The summed E-state index contributed by atoms with van der Waals surface area (Å²) in [6.45, 7) is 0. The first-order valence-electron chi connectivity index (χ1n) is 7.37. The number of non-ortho nitro benzene ring substituents is 1. The zero-order valence-electron chi connectivity index (χ0n) is 13.0. The zero-order chi connectivity index (χ0) is 18.4. The van der Waals surface area contributed by atoms with E-state index in [1.165, 1.54) is 12.1 Å². The Labute approximate surface area is 142 Å². The maximum Gasteiger partial charge on any atom is 0.329 e. The van der Waals surface area contributed by atoms with Gasteiger partial charge < -0.3 is 15.5 Å². The molecule has 0 radical (unpaired) electrons. The number of hydrogen-bond acceptors (Lipinski definition) is 5. The van der Waals surface area contributed by atoms with Crippen molar-refractivity contribution in [1.29, 1.82) is 0 Å². The van der Waals surface area contributed by atoms with Gasteiger partial charge in [0.05, 0.1) is 11.3 Å². The fraction of sp³-hybridized carbons (Fsp3) is 0.176. The molecular formula is C17H16N2O6. The minimum Gasteiger partial charge on any atom is -0.480 e. The second kappa shape index (κ2) is 8.02. The van der Waals surface area contributed by atoms with E-state index < -0.39 is 28.9 Å². The Morgan fingerprint density at radius 2 is 1.68 bits per heavy atom. The van der Waals surface area contributed by atoms with Crippen LogP contribution in [-0.4, -0.2) is 33.1 Å². The van der Waals surface area contributed by atoms with Crippen LogP contribution in [0.15, 0.2) is 54.6 Å². The SMILES string of the molecule is O=C(Cc1ccccc1)N[C@H](C(=O)O)[C@H](O)c1ccc([N+](=O)[O-])cc1. The van der Waals surface area contributed by atoms with Gasteiger partial charge in [0.25, 0.3) is 5.69 Å². The van der Waals surface area contributed by atoms with Gasteiger partial charge in [0.1, 0.15) is 6.10 Å². The number of aliphatic hydroxyl groups excluding tert-OH is 1. The summed E-state index contributed by atoms with van der Waals surface area (Å²) in [5, 5.41) is 32.4. The molecule has 2 aromatic carbocycles. The topological polar surface area (TPSA) is 130 Å². The molecule has 0 aliphatic heterocycles. The van der Waals surface area contributed by atoms with Crippen LogP contribution in [0.2, 0.25) is 0 Å². The molecule has 1 amide bonds. The molecule has 0 spiro atoms. The molecule has 0 saturated heterocycles. The van der Waals surface area contributed by atoms with E-state index in [0.29, 0.717) is 5.56 Å². The quantitative estimate of drug-likeness (QED) is 0.515. The number of aliphatic hydroxyl groups is 1. The summed E-state index contributed by atoms with van der Waals surface area (Å²) in [7, 11) is 0. The molecular weight excluding hydrogens is 328 g/mol. The van der Waals surface area contributed by atoms with Crippen molar-refractivity contribution in [1.82, 2.24) is 5.32 Å². The van der Waals surface area contributed by atoms with Crippen LogP contribution in [-0.2, 0) is 16.0 Å². The standard InChI is InChI=1S/C17H16N2O6/c20-14(10-11-4-2-1-3-5-11)18-15(17(22)23)16(21)12-6-8-13(9-7-12)19(24)25/h1-9,15-16,21H,10H2,(H,18,20)(H,22,23)/t15-,16+/m0/s1. The summed E-state index contributed by atoms with van der Waals surface area (Å²) in [5.41, 5.74) is 0.669. The Kier molecular flexibility index (Phi) is 5.80. The van der Waals surface area contributed by atoms with E-state index in [-0.39, 0.29) is 17.7 Å². The molecule has 25 heavy (non-hydrogen) atoms. The van der Waals surface area contributed by atoms with Crippen molar-refractivity contribution >= 4 is 17.6 Å². The molecule has 0 aliphatic rings. The summed E-state index contributed by atoms with van der Waals surface area (Å²) in [5.74, 6) is -1.97. The van der Waals surface area contributed by atoms with Gasteiger partial charge in [-0.2, -0.15) is 0 Å². The van der Waals surface area contributed by atoms with Crippen LogP contribution in [0.5, 0.6) is 0 Å². The molecule has 0 fully saturated rings. The molecule has 130 valence electrons. The smallest absolute Gasteiger partial charge is 0.329 e. The highest BCUT2D eigenvalue weighted by Crippen LogP contribution is 2.21. The highest BCUT2D eigenvalue weighted by atomic mass is 16.6. The molecule has 2 atom stereocenters. The fourth-order valence-electron chi connectivity index (χ4n) is 2.27. The minimum atomic E-state index is -1.57. The summed E-state index contributed by atoms with van der Waals surface area (Å²) in [4.78, 5) is 33.5. The molecule has 0 heterocycles. The number of nitrogens with one attached hydrogen (secondary N) is 1. The lowest BCUT2D eigenvalue weighted by molar-refractivity contribution is -0.384. The molecule has 0 aliphatic carbocycles. The highest BCUT2D eigenvalue weighted by Gasteiger charge is 2.29. The van der Waals surface area contributed by atoms with Crippen LogP contribution in [0.1, 0.15) is 17.2 Å². The Morgan fingerprint density at radius 1 is 1.08 bits per heavy atom. The van der Waals surface area contributed by atoms with Crippen molar-refractivity contribution in [2.45, 2.75) is 18.6 Å². The Hall–Kier alpha value is -3.26. The number of aliphatic carboxylic acids is 1. The van der Waals surface area contributed by atoms with E-state index in [2.05, 4.69) is 5.32 Å². The number of nitro benzene ring substituents is 1. The Morgan fingerprint density at radius 3 is 2.20 bits per heavy atom. The number of hydrogen-bond donors (Lipinski definition) is 3. The second-order valence-electron chi connectivity index (χ2n) is 5.34. The number of carbonyl (C=O) groups excluding carboxylic acids is 1. The van der Waals surface area contributed by atoms with E-state index >= 15 is 0 Å². The molecule has 0 unspecified atom stereocenters. The number of benzene rings is 2. The van der Waals surface area contributed by atoms with Gasteiger partial charge in [-0.3, -0.25) is 14.9 Å². The molecule has 2 rings (SSSR count). The first-order valence-corrected chi connectivity index (χ1v) is 7.37. The maximum absolute atomic E-state index is 12.0. The highest BCUT2D eigenvalue weighted by molar-refractivity contribution is 5.85. The first kappa shape index (κ1) is 18.1. The summed E-state index contributed by atoms with van der Waals surface area (Å²) in [6, 6.07) is 12.0. The van der Waals surface area contributed by atoms with Crippen LogP contribution < -0.4 is 5.32 Å². The van der Waals surface area contributed by atoms with Crippen molar-refractivity contribution in [2.24, 2.45) is 0 Å². The first-order chi connectivity index (χ1) is 11.9. The third kappa shape index (κ3) is 4.85. The number of nitrogens with zero attached hydrogens (tertiary/aromatic N) is 1. The van der Waals surface area contributed by atoms with Crippen molar-refractivity contribution < 1.29 is 24.7 Å². The number of carboxylic acids is 1. The monoisotopic (exact) mass is 344 g/mol. The van der Waals surface area contributed by atoms with Crippen molar-refractivity contribution in [3.63, 3.8) is 0 Å². The third-order valence-electron chi connectivity index (χ3n) is 3.55. The van der Waals surface area contributed by atoms with Gasteiger partial charge >= 0.3 is 5.97 Å². The lowest BCUT2D eigenvalue weighted by Crippen LogP contribution is -2.45. The Bertz CT molecular complexity index is 760. The van der Waals surface area contributed by atoms with Crippen molar-refractivity contribution in [3.05, 3.63) is 75.8 Å². The van der Waals surface area contributed by atoms with Gasteiger partial charge in [-0.15, -0.1) is 0 Å². The van der Waals surface area contributed by atoms with Gasteiger partial charge in [-0.1, -0.05) is 30.3 Å². The third-order valence-corrected chi connectivity index (χ3v) is 3.55. The van der Waals surface area contributed by atoms with E-state index in [1.807, 2.05) is 0 Å². The van der Waals surface area contributed by atoms with Gasteiger partial charge in [0.2, 0.25) is 5.91 Å². The van der Waals surface area contributed by atoms with Gasteiger partial charge in [-0.25, -0.2) is 4.79 Å². The minimum absolute atomic E-state index is 0.0302. The Balaban J connectivity index is 2.09. The second-order valence-corrected chi connectivity index (χ2v) is 5.34. The average molecular weight is 344 g/mol. The van der Waals surface area contributed by atoms with Crippen LogP contribution in [0, 0.1) is 10.1 Å². The lowest BCUT2D eigenvalue weighted by atomic mass is 10.0. The predicted octanol–water partition coefficient (Wildman–Crippen LogP) is 1.44. The number of amides is 1. The van der Waals surface area contributed by atoms with Crippen molar-refractivity contribution in [2.75, 3.05) is 0 Å². The maximum atomic E-state index is 12.0. The predicted molar refractivity (Wildman–Crippen MR) is 87.8 cm³/mol. The molecule has 0 saturated carbocycles. The molecule has 8 nitrogen and oxygen atoms in total. The number of rotatable bonds is 7. The average Bonchev–Trinajstić information content (AvgIpc) is 2.60. The molecule has 0 bridgehead atoms. The van der Waals surface area contributed by atoms with Crippen molar-refractivity contribution in [3.8, 4) is 0 Å². The van der Waals surface area contributed by atoms with E-state index in [1.54, 1.807) is 30.3 Å². The van der Waals surface area contributed by atoms with E-state index in [9.17, 15) is 29.9 Å². The van der Waals surface area contributed by atoms with Gasteiger partial charge in [0, 0.05) is 12.1 Å². The summed E-state index contributed by atoms with van der Waals surface area (Å²) >= 11 is 0. The largest absolute Gasteiger partial charge is 0.480 e. The van der Waals surface area contributed by atoms with Gasteiger partial charge in [-0.05, 0) is 23.3 Å². The summed E-state index contributed by atoms with van der Waals surface area (Å²) < 4.78 is 0. The van der Waals surface area contributed by atoms with Crippen LogP contribution in [0.25, 0.3) is 0 Å². The molecule has 3 N–H and O–H groups in total. The molecule has 0 aromatic heterocycles. The van der Waals surface area contributed by atoms with Crippen LogP contribution >= 0.6 is 0 Å². The normalized spacial score (nSPS) is 12.8. The van der Waals surface area contributed by atoms with E-state index in [4.69, 9.17) is 0 Å². The molecule has 2 aromatic rings. The van der Waals surface area contributed by atoms with Gasteiger partial charge in [0.15, 0.2) is 6.04 Å². The summed E-state index contributed by atoms with van der Waals surface area (Å²) in [6.07, 6.45) is -1.57. The van der Waals surface area contributed by atoms with E-state index in [0.717, 1.165) is 12.1 Å². The lowest BCUT2D eigenvalue weighted by Gasteiger charge is -2.20. The fourth-order valence-corrected chi connectivity index (χ4v) is 2.27. The zero-order valence-corrected chi connectivity index (χ0v) is 13.0. The van der Waals surface area contributed by atoms with Crippen LogP contribution in [0.3, 0.4) is 0 Å². The number of carbonyl (C=O) groups is 2.